The Morgan fingerprint density at radius 1 is 1.42 bits per heavy atom. The van der Waals surface area contributed by atoms with Gasteiger partial charge in [0.25, 0.3) is 0 Å². The van der Waals surface area contributed by atoms with E-state index >= 15 is 0 Å². The first-order chi connectivity index (χ1) is 8.96. The van der Waals surface area contributed by atoms with E-state index in [4.69, 9.17) is 16.3 Å². The molecule has 98 valence electrons. The fourth-order valence-corrected chi connectivity index (χ4v) is 1.54. The van der Waals surface area contributed by atoms with Crippen molar-refractivity contribution >= 4 is 16.6 Å². The third-order valence-corrected chi connectivity index (χ3v) is 2.88. The predicted octanol–water partition coefficient (Wildman–Crippen LogP) is 1.24. The van der Waals surface area contributed by atoms with Crippen LogP contribution in [0, 0.1) is 22.7 Å². The summed E-state index contributed by atoms with van der Waals surface area (Å²) >= 11 is 0. The second kappa shape index (κ2) is 8.62. The topological polar surface area (TPSA) is 108 Å². The number of hydrogen-bond donors (Lipinski definition) is 1. The maximum Gasteiger partial charge on any atom is 0.171 e. The average Bonchev–Trinajstić information content (AvgIpc) is 2.40. The standard InChI is InChI=1S/C8H7NOS.C5H6N2O/c1-11(10)8-4-2-3-7(5-8)6-9;1-4(8)5(2-6)3-7/h2-5H,1H3;2H,6H2,1H3/b;5-2+. The number of allylic oxidation sites excluding steroid dienone is 1. The number of nitriles is 2. The Hall–Kier alpha value is -2.44. The van der Waals surface area contributed by atoms with E-state index in [-0.39, 0.29) is 11.4 Å². The fourth-order valence-electron chi connectivity index (χ4n) is 0.978. The summed E-state index contributed by atoms with van der Waals surface area (Å²) in [4.78, 5) is 10.9. The quantitative estimate of drug-likeness (QED) is 0.645. The minimum Gasteiger partial charge on any atom is -0.403 e. The molecule has 0 heterocycles. The highest BCUT2D eigenvalue weighted by atomic mass is 32.2. The van der Waals surface area contributed by atoms with Gasteiger partial charge < -0.3 is 5.73 Å². The van der Waals surface area contributed by atoms with Crippen LogP contribution in [0.1, 0.15) is 12.5 Å². The zero-order valence-electron chi connectivity index (χ0n) is 10.6. The molecular formula is C13H13N3O2S. The summed E-state index contributed by atoms with van der Waals surface area (Å²) in [5.74, 6) is -0.296. The molecule has 0 fully saturated rings. The van der Waals surface area contributed by atoms with Crippen molar-refractivity contribution in [2.75, 3.05) is 6.26 Å². The number of benzene rings is 1. The second-order valence-electron chi connectivity index (χ2n) is 3.34. The first kappa shape index (κ1) is 16.6. The number of Topliss-reactive ketones (excluding diaryl/α,β-unsaturated/α-hetero) is 1. The van der Waals surface area contributed by atoms with Gasteiger partial charge in [-0.3, -0.25) is 9.00 Å². The number of carbonyl (C=O) groups excluding carboxylic acids is 1. The lowest BCUT2D eigenvalue weighted by atomic mass is 10.2. The SMILES string of the molecule is CC(=O)/C(C#N)=C/N.CS(=O)c1cccc(C#N)c1. The van der Waals surface area contributed by atoms with Crippen LogP contribution in [0.25, 0.3) is 0 Å². The third kappa shape index (κ3) is 6.16. The Morgan fingerprint density at radius 3 is 2.37 bits per heavy atom. The molecule has 1 aromatic rings. The number of nitrogens with zero attached hydrogens (tertiary/aromatic N) is 2. The highest BCUT2D eigenvalue weighted by Crippen LogP contribution is 2.06. The van der Waals surface area contributed by atoms with E-state index in [1.807, 2.05) is 6.07 Å². The molecule has 6 heteroatoms. The lowest BCUT2D eigenvalue weighted by molar-refractivity contribution is -0.113. The molecule has 0 aliphatic heterocycles. The highest BCUT2D eigenvalue weighted by molar-refractivity contribution is 7.84. The van der Waals surface area contributed by atoms with Crippen LogP contribution < -0.4 is 5.73 Å². The van der Waals surface area contributed by atoms with Crippen LogP contribution in [-0.4, -0.2) is 16.2 Å². The summed E-state index contributed by atoms with van der Waals surface area (Å²) in [5, 5.41) is 16.6. The largest absolute Gasteiger partial charge is 0.403 e. The second-order valence-corrected chi connectivity index (χ2v) is 4.72. The fraction of sp³-hybridized carbons (Fsp3) is 0.154. The molecule has 1 aromatic carbocycles. The molecule has 0 bridgehead atoms. The molecule has 0 saturated carbocycles. The minimum absolute atomic E-state index is 0.00463. The molecule has 0 saturated heterocycles. The average molecular weight is 275 g/mol. The molecule has 0 radical (unpaired) electrons. The summed E-state index contributed by atoms with van der Waals surface area (Å²) in [7, 11) is -0.992. The van der Waals surface area contributed by atoms with Crippen molar-refractivity contribution in [3.63, 3.8) is 0 Å². The van der Waals surface area contributed by atoms with Crippen LogP contribution in [0.5, 0.6) is 0 Å². The Labute approximate surface area is 114 Å². The van der Waals surface area contributed by atoms with Gasteiger partial charge in [0, 0.05) is 28.2 Å². The summed E-state index contributed by atoms with van der Waals surface area (Å²) in [6.07, 6.45) is 2.60. The number of ketones is 1. The van der Waals surface area contributed by atoms with Crippen molar-refractivity contribution in [3.05, 3.63) is 41.6 Å². The van der Waals surface area contributed by atoms with Crippen LogP contribution in [0.2, 0.25) is 0 Å². The van der Waals surface area contributed by atoms with Crippen molar-refractivity contribution in [3.8, 4) is 12.1 Å². The van der Waals surface area contributed by atoms with Crippen LogP contribution in [0.3, 0.4) is 0 Å². The van der Waals surface area contributed by atoms with E-state index in [2.05, 4.69) is 0 Å². The lowest BCUT2D eigenvalue weighted by Crippen LogP contribution is -1.96. The zero-order chi connectivity index (χ0) is 14.8. The van der Waals surface area contributed by atoms with E-state index in [9.17, 15) is 9.00 Å². The van der Waals surface area contributed by atoms with E-state index in [0.717, 1.165) is 6.20 Å². The van der Waals surface area contributed by atoms with Gasteiger partial charge in [-0.15, -0.1) is 0 Å². The highest BCUT2D eigenvalue weighted by Gasteiger charge is 1.97. The van der Waals surface area contributed by atoms with Crippen LogP contribution in [-0.2, 0) is 15.6 Å². The van der Waals surface area contributed by atoms with Gasteiger partial charge in [-0.1, -0.05) is 6.07 Å². The Balaban J connectivity index is 0.000000362. The lowest BCUT2D eigenvalue weighted by Gasteiger charge is -1.94. The summed E-state index contributed by atoms with van der Waals surface area (Å²) < 4.78 is 10.9. The summed E-state index contributed by atoms with van der Waals surface area (Å²) in [6.45, 7) is 1.29. The van der Waals surface area contributed by atoms with Gasteiger partial charge in [-0.25, -0.2) is 0 Å². The van der Waals surface area contributed by atoms with Crippen molar-refractivity contribution < 1.29 is 9.00 Å². The van der Waals surface area contributed by atoms with Crippen LogP contribution in [0.4, 0.5) is 0 Å². The molecule has 1 unspecified atom stereocenters. The maximum absolute atomic E-state index is 10.9. The first-order valence-electron chi connectivity index (χ1n) is 5.12. The Bertz CT molecular complexity index is 595. The van der Waals surface area contributed by atoms with E-state index in [0.29, 0.717) is 10.5 Å². The summed E-state index contributed by atoms with van der Waals surface area (Å²) in [5.41, 5.74) is 5.44. The van der Waals surface area contributed by atoms with Crippen molar-refractivity contribution in [1.29, 1.82) is 10.5 Å². The van der Waals surface area contributed by atoms with Gasteiger partial charge in [-0.2, -0.15) is 10.5 Å². The number of carbonyl (C=O) groups is 1. The molecule has 0 amide bonds. The van der Waals surface area contributed by atoms with Gasteiger partial charge >= 0.3 is 0 Å². The maximum atomic E-state index is 10.9. The van der Waals surface area contributed by atoms with E-state index in [1.165, 1.54) is 6.92 Å². The summed E-state index contributed by atoms with van der Waals surface area (Å²) in [6, 6.07) is 10.4. The third-order valence-electron chi connectivity index (χ3n) is 1.96. The van der Waals surface area contributed by atoms with Crippen LogP contribution in [0.15, 0.2) is 40.9 Å². The van der Waals surface area contributed by atoms with Gasteiger partial charge in [0.05, 0.1) is 11.6 Å². The molecule has 0 spiro atoms. The number of rotatable bonds is 2. The predicted molar refractivity (Wildman–Crippen MR) is 72.1 cm³/mol. The molecule has 0 aliphatic rings. The molecular weight excluding hydrogens is 262 g/mol. The van der Waals surface area contributed by atoms with Gasteiger partial charge in [0.2, 0.25) is 0 Å². The molecule has 0 aliphatic carbocycles. The molecule has 1 atom stereocenters. The van der Waals surface area contributed by atoms with Crippen molar-refractivity contribution in [1.82, 2.24) is 0 Å². The molecule has 0 aromatic heterocycles. The Morgan fingerprint density at radius 2 is 2.05 bits per heavy atom. The first-order valence-corrected chi connectivity index (χ1v) is 6.68. The van der Waals surface area contributed by atoms with E-state index in [1.54, 1.807) is 36.6 Å². The molecule has 19 heavy (non-hydrogen) atoms. The Kier molecular flexibility index (Phi) is 7.51. The molecule has 1 rings (SSSR count). The van der Waals surface area contributed by atoms with Gasteiger partial charge in [0.15, 0.2) is 5.78 Å². The number of nitrogens with two attached hydrogens (primary N) is 1. The molecule has 5 nitrogen and oxygen atoms in total. The minimum atomic E-state index is -0.992. The van der Waals surface area contributed by atoms with Crippen molar-refractivity contribution in [2.45, 2.75) is 11.8 Å². The monoisotopic (exact) mass is 275 g/mol. The van der Waals surface area contributed by atoms with E-state index < -0.39 is 10.8 Å². The number of hydrogen-bond acceptors (Lipinski definition) is 5. The normalized spacial score (nSPS) is 11.3. The van der Waals surface area contributed by atoms with Gasteiger partial charge in [-0.05, 0) is 25.1 Å². The van der Waals surface area contributed by atoms with Gasteiger partial charge in [0.1, 0.15) is 11.6 Å². The smallest absolute Gasteiger partial charge is 0.171 e. The van der Waals surface area contributed by atoms with Crippen molar-refractivity contribution in [2.24, 2.45) is 5.73 Å². The molecule has 2 N–H and O–H groups in total. The van der Waals surface area contributed by atoms with Crippen LogP contribution >= 0.6 is 0 Å². The zero-order valence-corrected chi connectivity index (χ0v) is 11.4.